The van der Waals surface area contributed by atoms with E-state index in [0.29, 0.717) is 49.1 Å². The van der Waals surface area contributed by atoms with Crippen LogP contribution in [0.3, 0.4) is 0 Å². The number of benzene rings is 1. The van der Waals surface area contributed by atoms with Gasteiger partial charge in [-0.3, -0.25) is 9.67 Å². The predicted octanol–water partition coefficient (Wildman–Crippen LogP) is 5.87. The summed E-state index contributed by atoms with van der Waals surface area (Å²) in [6.45, 7) is 6.56. The zero-order chi connectivity index (χ0) is 30.2. The quantitative estimate of drug-likeness (QED) is 0.361. The van der Waals surface area contributed by atoms with E-state index in [-0.39, 0.29) is 41.3 Å². The zero-order valence-electron chi connectivity index (χ0n) is 24.3. The lowest BCUT2D eigenvalue weighted by molar-refractivity contribution is 0.0184. The maximum Gasteiger partial charge on any atom is 0.410 e. The van der Waals surface area contributed by atoms with E-state index in [1.807, 2.05) is 39.1 Å². The number of allylic oxidation sites excluding steroid dienone is 2. The summed E-state index contributed by atoms with van der Waals surface area (Å²) in [7, 11) is 2.63. The Balaban J connectivity index is 1.38. The number of aromatic nitrogens is 3. The highest BCUT2D eigenvalue weighted by atomic mass is 19.1. The molecule has 0 bridgehead atoms. The first-order chi connectivity index (χ1) is 20.0. The number of pyridine rings is 1. The molecule has 2 aliphatic rings. The second-order valence-corrected chi connectivity index (χ2v) is 11.4. The van der Waals surface area contributed by atoms with Crippen molar-refractivity contribution in [3.05, 3.63) is 64.8 Å². The van der Waals surface area contributed by atoms with Gasteiger partial charge in [-0.15, -0.1) is 0 Å². The lowest BCUT2D eigenvalue weighted by Crippen LogP contribution is -2.42. The van der Waals surface area contributed by atoms with Crippen LogP contribution in [0.2, 0.25) is 0 Å². The number of piperidine rings is 1. The number of amides is 1. The second kappa shape index (κ2) is 11.4. The van der Waals surface area contributed by atoms with Gasteiger partial charge in [0.25, 0.3) is 0 Å². The summed E-state index contributed by atoms with van der Waals surface area (Å²) in [5, 5.41) is 14.4. The molecule has 0 N–H and O–H groups in total. The Morgan fingerprint density at radius 2 is 1.76 bits per heavy atom. The van der Waals surface area contributed by atoms with E-state index >= 15 is 8.78 Å². The largest absolute Gasteiger partial charge is 0.494 e. The number of nitriles is 1. The van der Waals surface area contributed by atoms with Crippen molar-refractivity contribution in [2.24, 2.45) is 0 Å². The standard InChI is InChI=1S/C31H33F2N5O4/c1-31(2,3)42-30(39)37-10-8-20(9-11-37)38-17-23(25(15-34)36-38)19-13-21-18(6-7-24(21)35-16-19)12-22-28(32)26(40-4)14-27(41-5)29(22)33/h6,13-14,16-17,20H,7-12H2,1-5H3. The van der Waals surface area contributed by atoms with Crippen LogP contribution in [-0.2, 0) is 17.6 Å². The predicted molar refractivity (Wildman–Crippen MR) is 151 cm³/mol. The number of carbonyl (C=O) groups excluding carboxylic acids is 1. The van der Waals surface area contributed by atoms with Gasteiger partial charge >= 0.3 is 6.09 Å². The number of fused-ring (bicyclic) bond motifs is 1. The van der Waals surface area contributed by atoms with Gasteiger partial charge in [0.05, 0.1) is 26.0 Å². The molecule has 0 unspecified atom stereocenters. The SMILES string of the molecule is COc1cc(OC)c(F)c(CC2=CCc3ncc(-c4cn(C5CCN(C(=O)OC(C)(C)C)CC5)nc4C#N)cc32)c1F. The Kier molecular flexibility index (Phi) is 7.91. The summed E-state index contributed by atoms with van der Waals surface area (Å²) < 4.78 is 47.7. The zero-order valence-corrected chi connectivity index (χ0v) is 24.3. The van der Waals surface area contributed by atoms with Crippen LogP contribution in [0.4, 0.5) is 13.6 Å². The van der Waals surface area contributed by atoms with Gasteiger partial charge in [0.15, 0.2) is 28.8 Å². The van der Waals surface area contributed by atoms with E-state index in [0.717, 1.165) is 11.3 Å². The van der Waals surface area contributed by atoms with Crippen LogP contribution in [0, 0.1) is 23.0 Å². The second-order valence-electron chi connectivity index (χ2n) is 11.4. The Morgan fingerprint density at radius 3 is 2.36 bits per heavy atom. The van der Waals surface area contributed by atoms with Crippen LogP contribution in [0.5, 0.6) is 11.5 Å². The molecule has 1 aliphatic carbocycles. The third kappa shape index (κ3) is 5.66. The maximum absolute atomic E-state index is 15.1. The number of likely N-dealkylation sites (tertiary alicyclic amines) is 1. The topological polar surface area (TPSA) is 102 Å². The summed E-state index contributed by atoms with van der Waals surface area (Å²) in [6, 6.07) is 5.27. The summed E-state index contributed by atoms with van der Waals surface area (Å²) >= 11 is 0. The Labute approximate surface area is 243 Å². The van der Waals surface area contributed by atoms with Gasteiger partial charge < -0.3 is 19.1 Å². The van der Waals surface area contributed by atoms with E-state index in [2.05, 4.69) is 16.2 Å². The molecule has 1 amide bonds. The van der Waals surface area contributed by atoms with Crippen molar-refractivity contribution in [3.63, 3.8) is 0 Å². The third-order valence-electron chi connectivity index (χ3n) is 7.53. The smallest absolute Gasteiger partial charge is 0.410 e. The summed E-state index contributed by atoms with van der Waals surface area (Å²) in [6.07, 6.45) is 6.93. The van der Waals surface area contributed by atoms with Gasteiger partial charge in [-0.2, -0.15) is 10.4 Å². The fraction of sp³-hybridized carbons (Fsp3) is 0.419. The molecule has 220 valence electrons. The summed E-state index contributed by atoms with van der Waals surface area (Å²) in [5.74, 6) is -1.76. The van der Waals surface area contributed by atoms with Gasteiger partial charge in [-0.1, -0.05) is 6.08 Å². The molecule has 0 saturated carbocycles. The summed E-state index contributed by atoms with van der Waals surface area (Å²) in [4.78, 5) is 18.8. The number of methoxy groups -OCH3 is 2. The van der Waals surface area contributed by atoms with Crippen molar-refractivity contribution in [2.45, 2.75) is 58.1 Å². The third-order valence-corrected chi connectivity index (χ3v) is 7.53. The van der Waals surface area contributed by atoms with Crippen LogP contribution in [0.15, 0.2) is 30.6 Å². The van der Waals surface area contributed by atoms with Crippen molar-refractivity contribution in [3.8, 4) is 28.7 Å². The molecule has 1 aromatic carbocycles. The highest BCUT2D eigenvalue weighted by Crippen LogP contribution is 2.38. The van der Waals surface area contributed by atoms with Gasteiger partial charge in [0.2, 0.25) is 0 Å². The van der Waals surface area contributed by atoms with Crippen molar-refractivity contribution in [1.29, 1.82) is 5.26 Å². The molecule has 3 aromatic rings. The molecule has 42 heavy (non-hydrogen) atoms. The number of hydrogen-bond donors (Lipinski definition) is 0. The van der Waals surface area contributed by atoms with E-state index in [1.54, 1.807) is 15.8 Å². The first kappa shape index (κ1) is 29.0. The van der Waals surface area contributed by atoms with E-state index in [4.69, 9.17) is 14.2 Å². The summed E-state index contributed by atoms with van der Waals surface area (Å²) in [5.41, 5.74) is 3.10. The normalized spacial score (nSPS) is 15.2. The van der Waals surface area contributed by atoms with Gasteiger partial charge in [-0.25, -0.2) is 13.6 Å². The lowest BCUT2D eigenvalue weighted by Gasteiger charge is -2.33. The number of ether oxygens (including phenoxy) is 3. The number of rotatable bonds is 6. The number of carbonyl (C=O) groups is 1. The molecule has 3 heterocycles. The molecule has 0 spiro atoms. The molecular weight excluding hydrogens is 544 g/mol. The fourth-order valence-electron chi connectivity index (χ4n) is 5.37. The fourth-order valence-corrected chi connectivity index (χ4v) is 5.37. The van der Waals surface area contributed by atoms with Crippen LogP contribution >= 0.6 is 0 Å². The maximum atomic E-state index is 15.1. The molecule has 0 radical (unpaired) electrons. The van der Waals surface area contributed by atoms with E-state index < -0.39 is 17.2 Å². The molecule has 2 aromatic heterocycles. The number of hydrogen-bond acceptors (Lipinski definition) is 7. The van der Waals surface area contributed by atoms with Crippen LogP contribution < -0.4 is 9.47 Å². The van der Waals surface area contributed by atoms with E-state index in [9.17, 15) is 10.1 Å². The average molecular weight is 578 g/mol. The molecule has 0 atom stereocenters. The van der Waals surface area contributed by atoms with Gasteiger partial charge in [-0.05, 0) is 45.3 Å². The first-order valence-corrected chi connectivity index (χ1v) is 13.8. The molecule has 9 nitrogen and oxygen atoms in total. The van der Waals surface area contributed by atoms with Crippen molar-refractivity contribution < 1.29 is 27.8 Å². The molecule has 1 fully saturated rings. The highest BCUT2D eigenvalue weighted by molar-refractivity contribution is 5.79. The van der Waals surface area contributed by atoms with Crippen molar-refractivity contribution in [1.82, 2.24) is 19.7 Å². The Morgan fingerprint density at radius 1 is 1.10 bits per heavy atom. The van der Waals surface area contributed by atoms with Crippen LogP contribution in [0.1, 0.15) is 62.2 Å². The van der Waals surface area contributed by atoms with Crippen molar-refractivity contribution >= 4 is 11.7 Å². The molecule has 1 aliphatic heterocycles. The lowest BCUT2D eigenvalue weighted by atomic mass is 9.97. The monoisotopic (exact) mass is 577 g/mol. The number of nitrogens with zero attached hydrogens (tertiary/aromatic N) is 5. The molecular formula is C31H33F2N5O4. The van der Waals surface area contributed by atoms with Gasteiger partial charge in [0, 0.05) is 66.6 Å². The minimum atomic E-state index is -0.778. The minimum Gasteiger partial charge on any atom is -0.494 e. The highest BCUT2D eigenvalue weighted by Gasteiger charge is 2.29. The van der Waals surface area contributed by atoms with Crippen molar-refractivity contribution in [2.75, 3.05) is 27.3 Å². The Hall–Kier alpha value is -4.46. The van der Waals surface area contributed by atoms with Gasteiger partial charge in [0.1, 0.15) is 11.7 Å². The minimum absolute atomic E-state index is 0.0105. The van der Waals surface area contributed by atoms with E-state index in [1.165, 1.54) is 20.3 Å². The molecule has 5 rings (SSSR count). The molecule has 1 saturated heterocycles. The Bertz CT molecular complexity index is 1570. The first-order valence-electron chi connectivity index (χ1n) is 13.8. The average Bonchev–Trinajstić information content (AvgIpc) is 3.58. The van der Waals surface area contributed by atoms with Crippen LogP contribution in [0.25, 0.3) is 16.7 Å². The van der Waals surface area contributed by atoms with Crippen LogP contribution in [-0.4, -0.2) is 58.7 Å². The molecule has 11 heteroatoms. The number of halogens is 2.